The Labute approximate surface area is 126 Å². The van der Waals surface area contributed by atoms with E-state index in [0.717, 1.165) is 12.1 Å². The van der Waals surface area contributed by atoms with Crippen LogP contribution < -0.4 is 5.32 Å². The molecule has 0 bridgehead atoms. The minimum Gasteiger partial charge on any atom is -0.309 e. The molecule has 0 spiro atoms. The van der Waals surface area contributed by atoms with Gasteiger partial charge in [-0.05, 0) is 32.4 Å². The van der Waals surface area contributed by atoms with Crippen molar-refractivity contribution in [2.45, 2.75) is 38.1 Å². The number of hydrogen-bond donors (Lipinski definition) is 1. The van der Waals surface area contributed by atoms with Gasteiger partial charge < -0.3 is 5.32 Å². The predicted octanol–water partition coefficient (Wildman–Crippen LogP) is 2.64. The number of carbonyl (C=O) groups is 1. The number of anilines is 1. The second kappa shape index (κ2) is 6.23. The Hall–Kier alpha value is -1.64. The van der Waals surface area contributed by atoms with Gasteiger partial charge in [0.2, 0.25) is 5.91 Å². The van der Waals surface area contributed by atoms with Crippen molar-refractivity contribution in [1.82, 2.24) is 4.98 Å². The average Bonchev–Trinajstić information content (AvgIpc) is 2.37. The number of nitrogens with zero attached hydrogens (tertiary/aromatic N) is 1. The fourth-order valence-electron chi connectivity index (χ4n) is 1.57. The Bertz CT molecular complexity index is 637. The van der Waals surface area contributed by atoms with Crippen molar-refractivity contribution in [1.29, 1.82) is 0 Å². The third-order valence-electron chi connectivity index (χ3n) is 3.13. The molecule has 124 valence electrons. The second-order valence-electron chi connectivity index (χ2n) is 5.21. The monoisotopic (exact) mass is 338 g/mol. The highest BCUT2D eigenvalue weighted by Crippen LogP contribution is 2.29. The van der Waals surface area contributed by atoms with E-state index in [1.54, 1.807) is 6.92 Å². The Balaban J connectivity index is 2.93. The summed E-state index contributed by atoms with van der Waals surface area (Å²) in [7, 11) is -3.68. The van der Waals surface area contributed by atoms with Crippen LogP contribution in [-0.2, 0) is 20.8 Å². The molecule has 1 heterocycles. The van der Waals surface area contributed by atoms with Crippen molar-refractivity contribution in [3.05, 3.63) is 23.9 Å². The molecule has 0 saturated heterocycles. The summed E-state index contributed by atoms with van der Waals surface area (Å²) in [6, 6.07) is 1.74. The molecule has 0 saturated carbocycles. The number of sulfone groups is 1. The van der Waals surface area contributed by atoms with Crippen LogP contribution in [0.25, 0.3) is 0 Å². The van der Waals surface area contributed by atoms with Crippen LogP contribution in [0.5, 0.6) is 0 Å². The first kappa shape index (κ1) is 18.4. The molecule has 1 N–H and O–H groups in total. The highest BCUT2D eigenvalue weighted by Gasteiger charge is 2.41. The summed E-state index contributed by atoms with van der Waals surface area (Å²) in [5.41, 5.74) is -0.955. The smallest absolute Gasteiger partial charge is 0.309 e. The molecule has 0 unspecified atom stereocenters. The highest BCUT2D eigenvalue weighted by molar-refractivity contribution is 7.93. The lowest BCUT2D eigenvalue weighted by Gasteiger charge is -2.23. The van der Waals surface area contributed by atoms with Gasteiger partial charge in [-0.2, -0.15) is 13.2 Å². The number of amides is 1. The lowest BCUT2D eigenvalue weighted by molar-refractivity contribution is -0.137. The van der Waals surface area contributed by atoms with Crippen LogP contribution in [0, 0.1) is 0 Å². The lowest BCUT2D eigenvalue weighted by Crippen LogP contribution is -2.45. The van der Waals surface area contributed by atoms with E-state index in [0.29, 0.717) is 12.6 Å². The molecule has 1 rings (SSSR count). The Morgan fingerprint density at radius 3 is 2.27 bits per heavy atom. The Morgan fingerprint density at radius 2 is 1.86 bits per heavy atom. The maximum Gasteiger partial charge on any atom is 0.417 e. The predicted molar refractivity (Wildman–Crippen MR) is 76.0 cm³/mol. The van der Waals surface area contributed by atoms with E-state index < -0.39 is 32.2 Å². The molecule has 9 heteroatoms. The van der Waals surface area contributed by atoms with Gasteiger partial charge in [-0.25, -0.2) is 13.4 Å². The summed E-state index contributed by atoms with van der Waals surface area (Å²) >= 11 is 0. The summed E-state index contributed by atoms with van der Waals surface area (Å²) in [4.78, 5) is 15.6. The van der Waals surface area contributed by atoms with Crippen molar-refractivity contribution < 1.29 is 26.4 Å². The number of carbonyl (C=O) groups excluding carboxylic acids is 1. The number of aromatic nitrogens is 1. The number of halogens is 3. The maximum absolute atomic E-state index is 12.4. The van der Waals surface area contributed by atoms with Gasteiger partial charge in [0.25, 0.3) is 0 Å². The summed E-state index contributed by atoms with van der Waals surface area (Å²) in [5.74, 6) is -1.14. The van der Waals surface area contributed by atoms with Gasteiger partial charge in [0, 0.05) is 6.20 Å². The number of nitrogens with one attached hydrogen (secondary N) is 1. The molecule has 0 atom stereocenters. The first-order chi connectivity index (χ1) is 9.91. The molecular formula is C13H17F3N2O3S. The van der Waals surface area contributed by atoms with E-state index in [1.807, 2.05) is 0 Å². The maximum atomic E-state index is 12.4. The van der Waals surface area contributed by atoms with Crippen molar-refractivity contribution in [2.24, 2.45) is 0 Å². The number of rotatable bonds is 5. The molecule has 22 heavy (non-hydrogen) atoms. The van der Waals surface area contributed by atoms with Gasteiger partial charge in [0.1, 0.15) is 10.6 Å². The van der Waals surface area contributed by atoms with Crippen molar-refractivity contribution in [3.63, 3.8) is 0 Å². The summed E-state index contributed by atoms with van der Waals surface area (Å²) in [6.07, 6.45) is -3.60. The standard InChI is InChI=1S/C13H17F3N2O3S/c1-4-7-22(20,21)12(2,3)11(19)18-10-6-5-9(8-17-10)13(14,15)16/h5-6,8H,4,7H2,1-3H3,(H,17,18,19). The molecule has 1 aromatic heterocycles. The van der Waals surface area contributed by atoms with Crippen LogP contribution in [0.4, 0.5) is 19.0 Å². The van der Waals surface area contributed by atoms with Crippen LogP contribution >= 0.6 is 0 Å². The minimum atomic E-state index is -4.53. The van der Waals surface area contributed by atoms with Crippen LogP contribution in [-0.4, -0.2) is 29.8 Å². The molecule has 0 radical (unpaired) electrons. The van der Waals surface area contributed by atoms with Crippen LogP contribution in [0.2, 0.25) is 0 Å². The number of alkyl halides is 3. The summed E-state index contributed by atoms with van der Waals surface area (Å²) < 4.78 is 59.6. The topological polar surface area (TPSA) is 76.1 Å². The molecule has 5 nitrogen and oxygen atoms in total. The average molecular weight is 338 g/mol. The number of hydrogen-bond acceptors (Lipinski definition) is 4. The first-order valence-corrected chi connectivity index (χ1v) is 8.14. The van der Waals surface area contributed by atoms with E-state index in [-0.39, 0.29) is 11.6 Å². The Morgan fingerprint density at radius 1 is 1.27 bits per heavy atom. The van der Waals surface area contributed by atoms with Gasteiger partial charge in [0.15, 0.2) is 9.84 Å². The summed E-state index contributed by atoms with van der Waals surface area (Å²) in [5, 5.41) is 2.23. The van der Waals surface area contributed by atoms with E-state index in [1.165, 1.54) is 13.8 Å². The zero-order valence-corrected chi connectivity index (χ0v) is 13.2. The van der Waals surface area contributed by atoms with Gasteiger partial charge in [-0.3, -0.25) is 4.79 Å². The van der Waals surface area contributed by atoms with Crippen molar-refractivity contribution in [3.8, 4) is 0 Å². The van der Waals surface area contributed by atoms with Crippen LogP contribution in [0.1, 0.15) is 32.8 Å². The van der Waals surface area contributed by atoms with E-state index in [9.17, 15) is 26.4 Å². The quantitative estimate of drug-likeness (QED) is 0.895. The fraction of sp³-hybridized carbons (Fsp3) is 0.538. The fourth-order valence-corrected chi connectivity index (χ4v) is 2.95. The molecular weight excluding hydrogens is 321 g/mol. The first-order valence-electron chi connectivity index (χ1n) is 6.49. The Kier molecular flexibility index (Phi) is 5.21. The second-order valence-corrected chi connectivity index (χ2v) is 7.87. The van der Waals surface area contributed by atoms with Crippen molar-refractivity contribution in [2.75, 3.05) is 11.1 Å². The molecule has 0 aromatic carbocycles. The molecule has 0 aliphatic rings. The zero-order chi connectivity index (χ0) is 17.2. The van der Waals surface area contributed by atoms with Crippen molar-refractivity contribution >= 4 is 21.6 Å². The lowest BCUT2D eigenvalue weighted by atomic mass is 10.2. The highest BCUT2D eigenvalue weighted by atomic mass is 32.2. The van der Waals surface area contributed by atoms with Crippen LogP contribution in [0.3, 0.4) is 0 Å². The molecule has 1 amide bonds. The van der Waals surface area contributed by atoms with E-state index in [4.69, 9.17) is 0 Å². The molecule has 0 fully saturated rings. The third-order valence-corrected chi connectivity index (χ3v) is 5.82. The van der Waals surface area contributed by atoms with Gasteiger partial charge in [-0.1, -0.05) is 6.92 Å². The SMILES string of the molecule is CCCS(=O)(=O)C(C)(C)C(=O)Nc1ccc(C(F)(F)F)cn1. The van der Waals surface area contributed by atoms with E-state index in [2.05, 4.69) is 10.3 Å². The molecule has 0 aliphatic heterocycles. The number of pyridine rings is 1. The van der Waals surface area contributed by atoms with Gasteiger partial charge in [0.05, 0.1) is 11.3 Å². The van der Waals surface area contributed by atoms with Gasteiger partial charge in [-0.15, -0.1) is 0 Å². The third kappa shape index (κ3) is 3.96. The van der Waals surface area contributed by atoms with E-state index >= 15 is 0 Å². The largest absolute Gasteiger partial charge is 0.417 e. The molecule has 1 aromatic rings. The molecule has 0 aliphatic carbocycles. The normalized spacial score (nSPS) is 13.0. The zero-order valence-electron chi connectivity index (χ0n) is 12.4. The minimum absolute atomic E-state index is 0.141. The van der Waals surface area contributed by atoms with Crippen LogP contribution in [0.15, 0.2) is 18.3 Å². The summed E-state index contributed by atoms with van der Waals surface area (Å²) in [6.45, 7) is 4.16. The van der Waals surface area contributed by atoms with Gasteiger partial charge >= 0.3 is 6.18 Å².